The maximum absolute atomic E-state index is 13.3. The zero-order valence-corrected chi connectivity index (χ0v) is 13.0. The number of hydrogen-bond donors (Lipinski definition) is 1. The summed E-state index contributed by atoms with van der Waals surface area (Å²) in [4.78, 5) is 0. The molecule has 1 nitrogen and oxygen atoms in total. The Hall–Kier alpha value is -0.600. The van der Waals surface area contributed by atoms with Crippen molar-refractivity contribution in [2.75, 3.05) is 0 Å². The molecule has 3 heteroatoms. The van der Waals surface area contributed by atoms with Gasteiger partial charge in [0.05, 0.1) is 5.02 Å². The van der Waals surface area contributed by atoms with Crippen molar-refractivity contribution in [3.63, 3.8) is 0 Å². The highest BCUT2D eigenvalue weighted by molar-refractivity contribution is 6.30. The van der Waals surface area contributed by atoms with Gasteiger partial charge in [-0.05, 0) is 85.8 Å². The van der Waals surface area contributed by atoms with Gasteiger partial charge in [-0.25, -0.2) is 4.39 Å². The molecule has 0 aromatic heterocycles. The zero-order chi connectivity index (χ0) is 14.6. The van der Waals surface area contributed by atoms with Gasteiger partial charge in [0.15, 0.2) is 0 Å². The van der Waals surface area contributed by atoms with E-state index in [1.165, 1.54) is 38.2 Å². The fourth-order valence-electron chi connectivity index (χ4n) is 5.74. The van der Waals surface area contributed by atoms with Crippen LogP contribution in [0.3, 0.4) is 0 Å². The molecule has 2 N–H and O–H groups in total. The summed E-state index contributed by atoms with van der Waals surface area (Å²) in [5, 5.41) is 0.213. The van der Waals surface area contributed by atoms with Crippen molar-refractivity contribution in [3.05, 3.63) is 34.6 Å². The van der Waals surface area contributed by atoms with Gasteiger partial charge in [-0.1, -0.05) is 17.7 Å². The lowest BCUT2D eigenvalue weighted by molar-refractivity contribution is -0.0464. The summed E-state index contributed by atoms with van der Waals surface area (Å²) in [6, 6.07) is 5.23. The molecule has 0 aliphatic heterocycles. The first-order valence-corrected chi connectivity index (χ1v) is 8.67. The Morgan fingerprint density at radius 3 is 2.29 bits per heavy atom. The molecule has 0 saturated heterocycles. The summed E-state index contributed by atoms with van der Waals surface area (Å²) in [5.74, 6) is 3.97. The van der Waals surface area contributed by atoms with E-state index in [0.29, 0.717) is 5.92 Å². The standard InChI is InChI=1S/C18H23ClFN/c19-15-8-10(1-2-16(15)20)9-17(21)18-13-4-11-3-12(6-13)7-14(18)5-11/h1-2,8,11-14,17-18H,3-7,9,21H2. The van der Waals surface area contributed by atoms with Crippen molar-refractivity contribution in [2.24, 2.45) is 35.3 Å². The molecule has 0 spiro atoms. The van der Waals surface area contributed by atoms with Gasteiger partial charge in [0.1, 0.15) is 5.82 Å². The Labute approximate surface area is 131 Å². The lowest BCUT2D eigenvalue weighted by Crippen LogP contribution is -2.52. The van der Waals surface area contributed by atoms with Crippen LogP contribution in [0, 0.1) is 35.4 Å². The molecule has 1 unspecified atom stereocenters. The third-order valence-corrected chi connectivity index (χ3v) is 6.54. The van der Waals surface area contributed by atoms with Crippen molar-refractivity contribution in [1.82, 2.24) is 0 Å². The molecule has 0 heterocycles. The topological polar surface area (TPSA) is 26.0 Å². The van der Waals surface area contributed by atoms with Gasteiger partial charge in [0.25, 0.3) is 0 Å². The van der Waals surface area contributed by atoms with Crippen molar-refractivity contribution < 1.29 is 4.39 Å². The van der Waals surface area contributed by atoms with Crippen molar-refractivity contribution in [3.8, 4) is 0 Å². The van der Waals surface area contributed by atoms with E-state index < -0.39 is 0 Å². The molecule has 0 amide bonds. The van der Waals surface area contributed by atoms with Gasteiger partial charge < -0.3 is 5.73 Å². The maximum atomic E-state index is 13.3. The van der Waals surface area contributed by atoms with Crippen molar-refractivity contribution in [1.29, 1.82) is 0 Å². The average molecular weight is 308 g/mol. The molecular formula is C18H23ClFN. The first kappa shape index (κ1) is 14.0. The van der Waals surface area contributed by atoms with E-state index in [1.54, 1.807) is 6.07 Å². The van der Waals surface area contributed by atoms with Gasteiger partial charge in [-0.15, -0.1) is 0 Å². The minimum absolute atomic E-state index is 0.196. The summed E-state index contributed by atoms with van der Waals surface area (Å²) in [7, 11) is 0. The normalized spacial score (nSPS) is 38.7. The van der Waals surface area contributed by atoms with Crippen LogP contribution in [0.25, 0.3) is 0 Å². The second kappa shape index (κ2) is 5.24. The summed E-state index contributed by atoms with van der Waals surface area (Å²) in [6.45, 7) is 0. The number of halogens is 2. The molecule has 114 valence electrons. The summed E-state index contributed by atoms with van der Waals surface area (Å²) < 4.78 is 13.3. The van der Waals surface area contributed by atoms with E-state index in [1.807, 2.05) is 6.07 Å². The quantitative estimate of drug-likeness (QED) is 0.879. The van der Waals surface area contributed by atoms with E-state index in [9.17, 15) is 4.39 Å². The van der Waals surface area contributed by atoms with E-state index >= 15 is 0 Å². The average Bonchev–Trinajstić information content (AvgIpc) is 2.41. The van der Waals surface area contributed by atoms with Gasteiger partial charge >= 0.3 is 0 Å². The van der Waals surface area contributed by atoms with Gasteiger partial charge in [0.2, 0.25) is 0 Å². The molecule has 4 aliphatic carbocycles. The van der Waals surface area contributed by atoms with Crippen LogP contribution in [0.2, 0.25) is 5.02 Å². The highest BCUT2D eigenvalue weighted by Gasteiger charge is 2.49. The van der Waals surface area contributed by atoms with Crippen LogP contribution in [0.1, 0.15) is 37.7 Å². The largest absolute Gasteiger partial charge is 0.327 e. The molecule has 4 saturated carbocycles. The molecule has 1 aromatic carbocycles. The second-order valence-corrected chi connectivity index (χ2v) is 8.03. The van der Waals surface area contributed by atoms with Crippen LogP contribution in [-0.4, -0.2) is 6.04 Å². The lowest BCUT2D eigenvalue weighted by atomic mass is 9.50. The smallest absolute Gasteiger partial charge is 0.141 e. The highest BCUT2D eigenvalue weighted by atomic mass is 35.5. The molecule has 5 rings (SSSR count). The van der Waals surface area contributed by atoms with Gasteiger partial charge in [0, 0.05) is 6.04 Å². The van der Waals surface area contributed by atoms with E-state index in [2.05, 4.69) is 0 Å². The lowest BCUT2D eigenvalue weighted by Gasteiger charge is -2.56. The predicted molar refractivity (Wildman–Crippen MR) is 83.6 cm³/mol. The molecule has 4 bridgehead atoms. The molecular weight excluding hydrogens is 285 g/mol. The van der Waals surface area contributed by atoms with Crippen LogP contribution >= 0.6 is 11.6 Å². The second-order valence-electron chi connectivity index (χ2n) is 7.62. The fourth-order valence-corrected chi connectivity index (χ4v) is 5.94. The van der Waals surface area contributed by atoms with E-state index in [4.69, 9.17) is 17.3 Å². The highest BCUT2D eigenvalue weighted by Crippen LogP contribution is 2.57. The van der Waals surface area contributed by atoms with Crippen LogP contribution in [-0.2, 0) is 6.42 Å². The molecule has 21 heavy (non-hydrogen) atoms. The Morgan fingerprint density at radius 2 is 1.71 bits per heavy atom. The number of nitrogens with two attached hydrogens (primary N) is 1. The van der Waals surface area contributed by atoms with Crippen LogP contribution in [0.4, 0.5) is 4.39 Å². The monoisotopic (exact) mass is 307 g/mol. The Balaban J connectivity index is 1.49. The summed E-state index contributed by atoms with van der Waals surface area (Å²) >= 11 is 5.89. The number of hydrogen-bond acceptors (Lipinski definition) is 1. The fraction of sp³-hybridized carbons (Fsp3) is 0.667. The summed E-state index contributed by atoms with van der Waals surface area (Å²) in [5.41, 5.74) is 7.65. The van der Waals surface area contributed by atoms with E-state index in [-0.39, 0.29) is 16.9 Å². The van der Waals surface area contributed by atoms with Crippen LogP contribution in [0.15, 0.2) is 18.2 Å². The first-order chi connectivity index (χ1) is 10.1. The van der Waals surface area contributed by atoms with Gasteiger partial charge in [-0.2, -0.15) is 0 Å². The zero-order valence-electron chi connectivity index (χ0n) is 12.3. The molecule has 0 radical (unpaired) electrons. The van der Waals surface area contributed by atoms with Crippen LogP contribution < -0.4 is 5.73 Å². The van der Waals surface area contributed by atoms with Crippen molar-refractivity contribution >= 4 is 11.6 Å². The third-order valence-electron chi connectivity index (χ3n) is 6.25. The Kier molecular flexibility index (Phi) is 3.50. The Morgan fingerprint density at radius 1 is 1.10 bits per heavy atom. The molecule has 4 fully saturated rings. The third kappa shape index (κ3) is 2.51. The molecule has 1 aromatic rings. The van der Waals surface area contributed by atoms with Gasteiger partial charge in [-0.3, -0.25) is 0 Å². The predicted octanol–water partition coefficient (Wildman–Crippen LogP) is 4.42. The maximum Gasteiger partial charge on any atom is 0.141 e. The number of rotatable bonds is 3. The Bertz CT molecular complexity index is 516. The minimum Gasteiger partial charge on any atom is -0.327 e. The number of benzene rings is 1. The molecule has 1 atom stereocenters. The first-order valence-electron chi connectivity index (χ1n) is 8.29. The van der Waals surface area contributed by atoms with Crippen LogP contribution in [0.5, 0.6) is 0 Å². The van der Waals surface area contributed by atoms with Crippen molar-refractivity contribution in [2.45, 2.75) is 44.6 Å². The SMILES string of the molecule is NC(Cc1ccc(F)c(Cl)c1)C1C2CC3CC(C2)CC1C3. The molecule has 4 aliphatic rings. The van der Waals surface area contributed by atoms with E-state index in [0.717, 1.165) is 35.7 Å². The summed E-state index contributed by atoms with van der Waals surface area (Å²) in [6.07, 6.45) is 7.89. The minimum atomic E-state index is -0.344.